The third kappa shape index (κ3) is 4.35. The molecule has 1 aliphatic rings. The minimum atomic E-state index is -0.469. The Labute approximate surface area is 169 Å². The van der Waals surface area contributed by atoms with Gasteiger partial charge in [-0.3, -0.25) is 14.3 Å². The van der Waals surface area contributed by atoms with Crippen LogP contribution in [-0.2, 0) is 6.54 Å². The Morgan fingerprint density at radius 2 is 1.62 bits per heavy atom. The van der Waals surface area contributed by atoms with Crippen LogP contribution in [0.5, 0.6) is 0 Å². The highest BCUT2D eigenvalue weighted by molar-refractivity contribution is 5.93. The Hall–Kier alpha value is -3.45. The molecule has 4 rings (SSSR count). The van der Waals surface area contributed by atoms with Crippen molar-refractivity contribution < 1.29 is 9.59 Å². The van der Waals surface area contributed by atoms with Crippen molar-refractivity contribution in [3.05, 3.63) is 78.2 Å². The molecule has 2 amide bonds. The van der Waals surface area contributed by atoms with Crippen molar-refractivity contribution >= 4 is 11.9 Å². The smallest absolute Gasteiger partial charge is 0.329 e. The van der Waals surface area contributed by atoms with Crippen LogP contribution < -0.4 is 5.73 Å². The minimum absolute atomic E-state index is 0.0723. The number of hydrogen-bond acceptors (Lipinski definition) is 4. The number of carbonyl (C=O) groups is 2. The molecule has 148 valence electrons. The zero-order valence-corrected chi connectivity index (χ0v) is 16.1. The second kappa shape index (κ2) is 8.28. The molecular weight excluding hydrogens is 366 g/mol. The van der Waals surface area contributed by atoms with Crippen molar-refractivity contribution in [2.45, 2.75) is 6.54 Å². The maximum Gasteiger partial charge on any atom is 0.329 e. The number of rotatable bonds is 4. The predicted molar refractivity (Wildman–Crippen MR) is 110 cm³/mol. The van der Waals surface area contributed by atoms with Gasteiger partial charge in [0, 0.05) is 50.0 Å². The molecule has 0 saturated carbocycles. The first kappa shape index (κ1) is 18.9. The molecule has 0 spiro atoms. The fourth-order valence-corrected chi connectivity index (χ4v) is 3.48. The molecule has 1 saturated heterocycles. The van der Waals surface area contributed by atoms with E-state index < -0.39 is 5.91 Å². The number of aromatic nitrogens is 2. The second-order valence-electron chi connectivity index (χ2n) is 7.14. The van der Waals surface area contributed by atoms with E-state index in [1.54, 1.807) is 30.5 Å². The molecule has 1 aliphatic heterocycles. The fraction of sp³-hybridized carbons (Fsp3) is 0.227. The van der Waals surface area contributed by atoms with E-state index in [4.69, 9.17) is 5.73 Å². The first-order valence-electron chi connectivity index (χ1n) is 9.60. The maximum atomic E-state index is 12.8. The van der Waals surface area contributed by atoms with E-state index in [1.807, 2.05) is 23.1 Å². The lowest BCUT2D eigenvalue weighted by molar-refractivity contribution is 0.1000. The lowest BCUT2D eigenvalue weighted by Gasteiger charge is -2.34. The van der Waals surface area contributed by atoms with E-state index in [1.165, 1.54) is 16.5 Å². The van der Waals surface area contributed by atoms with Crippen LogP contribution in [-0.4, -0.2) is 57.5 Å². The Bertz CT molecular complexity index is 990. The Balaban J connectivity index is 1.36. The number of imidazole rings is 1. The van der Waals surface area contributed by atoms with E-state index in [2.05, 4.69) is 22.0 Å². The van der Waals surface area contributed by atoms with Crippen molar-refractivity contribution in [3.8, 4) is 11.3 Å². The van der Waals surface area contributed by atoms with E-state index in [9.17, 15) is 9.59 Å². The molecular formula is C22H23N5O2. The van der Waals surface area contributed by atoms with Crippen LogP contribution in [0.1, 0.15) is 15.9 Å². The highest BCUT2D eigenvalue weighted by Crippen LogP contribution is 2.18. The number of hydrogen-bond donors (Lipinski definition) is 1. The van der Waals surface area contributed by atoms with Gasteiger partial charge in [0.05, 0.1) is 5.69 Å². The molecule has 1 fully saturated rings. The number of nitrogens with zero attached hydrogens (tertiary/aromatic N) is 4. The predicted octanol–water partition coefficient (Wildman–Crippen LogP) is 2.43. The van der Waals surface area contributed by atoms with Crippen molar-refractivity contribution in [2.24, 2.45) is 5.73 Å². The zero-order valence-electron chi connectivity index (χ0n) is 16.1. The monoisotopic (exact) mass is 389 g/mol. The van der Waals surface area contributed by atoms with E-state index in [0.29, 0.717) is 24.3 Å². The van der Waals surface area contributed by atoms with Gasteiger partial charge in [-0.25, -0.2) is 9.78 Å². The van der Waals surface area contributed by atoms with Crippen LogP contribution in [0.15, 0.2) is 67.1 Å². The average Bonchev–Trinajstić information content (AvgIpc) is 3.25. The largest absolute Gasteiger partial charge is 0.366 e. The highest BCUT2D eigenvalue weighted by atomic mass is 16.2. The van der Waals surface area contributed by atoms with Gasteiger partial charge in [-0.1, -0.05) is 42.5 Å². The van der Waals surface area contributed by atoms with Gasteiger partial charge < -0.3 is 10.6 Å². The summed E-state index contributed by atoms with van der Waals surface area (Å²) in [5.74, 6) is -0.469. The number of nitrogens with two attached hydrogens (primary N) is 1. The maximum absolute atomic E-state index is 12.8. The van der Waals surface area contributed by atoms with Crippen LogP contribution in [0.2, 0.25) is 0 Å². The normalized spacial score (nSPS) is 14.7. The topological polar surface area (TPSA) is 84.5 Å². The molecule has 0 aliphatic carbocycles. The van der Waals surface area contributed by atoms with Crippen molar-refractivity contribution in [1.29, 1.82) is 0 Å². The van der Waals surface area contributed by atoms with Crippen LogP contribution in [0.25, 0.3) is 11.3 Å². The van der Waals surface area contributed by atoms with Gasteiger partial charge in [0.15, 0.2) is 0 Å². The van der Waals surface area contributed by atoms with Gasteiger partial charge in [-0.2, -0.15) is 0 Å². The number of carbonyl (C=O) groups excluding carboxylic acids is 2. The van der Waals surface area contributed by atoms with Crippen LogP contribution >= 0.6 is 0 Å². The lowest BCUT2D eigenvalue weighted by atomic mass is 10.1. The minimum Gasteiger partial charge on any atom is -0.366 e. The van der Waals surface area contributed by atoms with Crippen molar-refractivity contribution in [1.82, 2.24) is 19.4 Å². The summed E-state index contributed by atoms with van der Waals surface area (Å²) in [6, 6.07) is 17.2. The third-order valence-corrected chi connectivity index (χ3v) is 5.16. The molecule has 1 aromatic heterocycles. The summed E-state index contributed by atoms with van der Waals surface area (Å²) in [4.78, 5) is 32.6. The summed E-state index contributed by atoms with van der Waals surface area (Å²) in [5, 5.41) is 0. The highest BCUT2D eigenvalue weighted by Gasteiger charge is 2.22. The Morgan fingerprint density at radius 1 is 0.931 bits per heavy atom. The Morgan fingerprint density at radius 3 is 2.28 bits per heavy atom. The second-order valence-corrected chi connectivity index (χ2v) is 7.14. The first-order valence-corrected chi connectivity index (χ1v) is 9.60. The Kier molecular flexibility index (Phi) is 5.39. The van der Waals surface area contributed by atoms with Gasteiger partial charge in [0.1, 0.15) is 6.33 Å². The summed E-state index contributed by atoms with van der Waals surface area (Å²) < 4.78 is 1.52. The quantitative estimate of drug-likeness (QED) is 0.743. The fourth-order valence-electron chi connectivity index (χ4n) is 3.48. The van der Waals surface area contributed by atoms with Gasteiger partial charge in [0.2, 0.25) is 5.91 Å². The SMILES string of the molecule is NC(=O)c1ccc(-c2cn(C(=O)N3CCN(Cc4ccccc4)CC3)cn2)cc1. The van der Waals surface area contributed by atoms with Gasteiger partial charge in [-0.05, 0) is 17.7 Å². The summed E-state index contributed by atoms with van der Waals surface area (Å²) in [6.07, 6.45) is 3.26. The molecule has 2 aromatic carbocycles. The molecule has 0 radical (unpaired) electrons. The number of amides is 2. The van der Waals surface area contributed by atoms with Gasteiger partial charge >= 0.3 is 6.03 Å². The molecule has 7 heteroatoms. The summed E-state index contributed by atoms with van der Waals surface area (Å²) in [7, 11) is 0. The van der Waals surface area contributed by atoms with Crippen molar-refractivity contribution in [2.75, 3.05) is 26.2 Å². The van der Waals surface area contributed by atoms with Crippen LogP contribution in [0.3, 0.4) is 0 Å². The molecule has 7 nitrogen and oxygen atoms in total. The zero-order chi connectivity index (χ0) is 20.2. The number of benzene rings is 2. The number of piperazine rings is 1. The summed E-state index contributed by atoms with van der Waals surface area (Å²) in [5.41, 5.74) is 8.50. The summed E-state index contributed by atoms with van der Waals surface area (Å²) >= 11 is 0. The molecule has 0 unspecified atom stereocenters. The molecule has 0 atom stereocenters. The standard InChI is InChI=1S/C22H23N5O2/c23-21(28)19-8-6-18(7-9-19)20-15-27(16-24-20)22(29)26-12-10-25(11-13-26)14-17-4-2-1-3-5-17/h1-9,15-16H,10-14H2,(H2,23,28). The summed E-state index contributed by atoms with van der Waals surface area (Å²) in [6.45, 7) is 3.96. The van der Waals surface area contributed by atoms with Crippen molar-refractivity contribution in [3.63, 3.8) is 0 Å². The van der Waals surface area contributed by atoms with Gasteiger partial charge in [0.25, 0.3) is 0 Å². The average molecular weight is 389 g/mol. The molecule has 3 aromatic rings. The molecule has 2 heterocycles. The molecule has 29 heavy (non-hydrogen) atoms. The van der Waals surface area contributed by atoms with Crippen LogP contribution in [0.4, 0.5) is 4.79 Å². The first-order chi connectivity index (χ1) is 14.1. The molecule has 0 bridgehead atoms. The van der Waals surface area contributed by atoms with Crippen LogP contribution in [0, 0.1) is 0 Å². The lowest BCUT2D eigenvalue weighted by Crippen LogP contribution is -2.49. The molecule has 2 N–H and O–H groups in total. The van der Waals surface area contributed by atoms with E-state index >= 15 is 0 Å². The van der Waals surface area contributed by atoms with Gasteiger partial charge in [-0.15, -0.1) is 0 Å². The third-order valence-electron chi connectivity index (χ3n) is 5.16. The van der Waals surface area contributed by atoms with E-state index in [0.717, 1.165) is 25.2 Å². The van der Waals surface area contributed by atoms with E-state index in [-0.39, 0.29) is 6.03 Å². The number of primary amides is 1.